The van der Waals surface area contributed by atoms with Gasteiger partial charge in [0.2, 0.25) is 0 Å². The smallest absolute Gasteiger partial charge is 0.187 e. The molecule has 26 nitrogen and oxygen atoms in total. The number of ether oxygens (including phenoxy) is 9. The van der Waals surface area contributed by atoms with Crippen LogP contribution in [0.25, 0.3) is 0 Å². The van der Waals surface area contributed by atoms with Crippen LogP contribution in [0.3, 0.4) is 0 Å². The first-order valence-corrected chi connectivity index (χ1v) is 18.0. The standard InChI is InChI=1S/C31H56O26/c1-8(35)12(55-28(9(36)2-32)49-6-13-17(39)19(41)22(44)27(48)52-13)5-50-30-25(47)26(57-31-24(46)21(43)16(38)11(4-34)54-31)18(40)14(56-30)7-51-29-23(45)20(42)15(37)10(3-33)53-29/h8-48H,2-7H2,1H3/t8-,9-,10?,11?,12?,13?,14?,15?,16?,17?,18?,19?,20?,21?,22?,23?,24?,25?,26?,27?,28?,29?,30?,31?/m0/s1. The number of aliphatic hydroxyl groups is 17. The second kappa shape index (κ2) is 21.7. The lowest BCUT2D eigenvalue weighted by molar-refractivity contribution is -0.368. The molecule has 0 aromatic rings. The quantitative estimate of drug-likeness (QED) is 0.0570. The second-order valence-corrected chi connectivity index (χ2v) is 14.1. The first kappa shape index (κ1) is 48.6. The van der Waals surface area contributed by atoms with E-state index in [-0.39, 0.29) is 0 Å². The van der Waals surface area contributed by atoms with E-state index in [2.05, 4.69) is 0 Å². The summed E-state index contributed by atoms with van der Waals surface area (Å²) in [4.78, 5) is 0. The van der Waals surface area contributed by atoms with Crippen LogP contribution in [-0.4, -0.2) is 274 Å². The maximum Gasteiger partial charge on any atom is 0.187 e. The van der Waals surface area contributed by atoms with Gasteiger partial charge in [-0.2, -0.15) is 0 Å². The Morgan fingerprint density at radius 3 is 1.56 bits per heavy atom. The summed E-state index contributed by atoms with van der Waals surface area (Å²) >= 11 is 0. The highest BCUT2D eigenvalue weighted by molar-refractivity contribution is 4.95. The molecule has 0 bridgehead atoms. The zero-order valence-electron chi connectivity index (χ0n) is 30.4. The van der Waals surface area contributed by atoms with E-state index in [0.29, 0.717) is 0 Å². The van der Waals surface area contributed by atoms with E-state index in [9.17, 15) is 86.8 Å². The number of rotatable bonds is 18. The van der Waals surface area contributed by atoms with Crippen molar-refractivity contribution in [2.75, 3.05) is 39.6 Å². The molecule has 4 aliphatic heterocycles. The minimum absolute atomic E-state index is 0.716. The van der Waals surface area contributed by atoms with Crippen molar-refractivity contribution in [1.29, 1.82) is 0 Å². The van der Waals surface area contributed by atoms with Crippen molar-refractivity contribution in [1.82, 2.24) is 0 Å². The molecule has 0 aromatic heterocycles. The van der Waals surface area contributed by atoms with E-state index in [1.54, 1.807) is 0 Å². The van der Waals surface area contributed by atoms with Gasteiger partial charge in [-0.15, -0.1) is 0 Å². The van der Waals surface area contributed by atoms with E-state index in [0.717, 1.165) is 0 Å². The molecule has 0 aromatic carbocycles. The minimum atomic E-state index is -2.04. The SMILES string of the molecule is C[C@H](O)C(COC1OC(COC2OC(CO)C(O)C(O)C2O)C(O)C(OC2OC(CO)C(O)C(O)C2O)C1O)OC(OCC1OC(O)C(O)C(O)C1O)[C@@H](O)CO. The third-order valence-corrected chi connectivity index (χ3v) is 9.94. The molecule has 57 heavy (non-hydrogen) atoms. The van der Waals surface area contributed by atoms with E-state index >= 15 is 0 Å². The third-order valence-electron chi connectivity index (χ3n) is 9.94. The highest BCUT2D eigenvalue weighted by Gasteiger charge is 2.52. The molecule has 0 spiro atoms. The average molecular weight is 845 g/mol. The van der Waals surface area contributed by atoms with Crippen LogP contribution >= 0.6 is 0 Å². The normalized spacial score (nSPS) is 46.6. The molecule has 24 atom stereocenters. The van der Waals surface area contributed by atoms with Gasteiger partial charge in [0.15, 0.2) is 31.5 Å². The van der Waals surface area contributed by atoms with Gasteiger partial charge in [-0.05, 0) is 6.92 Å². The molecule has 4 aliphatic rings. The van der Waals surface area contributed by atoms with Crippen LogP contribution in [-0.2, 0) is 42.6 Å². The van der Waals surface area contributed by atoms with Crippen molar-refractivity contribution >= 4 is 0 Å². The predicted octanol–water partition coefficient (Wildman–Crippen LogP) is -11.3. The molecular formula is C31H56O26. The minimum Gasteiger partial charge on any atom is -0.394 e. The molecule has 4 fully saturated rings. The van der Waals surface area contributed by atoms with Gasteiger partial charge in [-0.3, -0.25) is 0 Å². The van der Waals surface area contributed by atoms with Gasteiger partial charge in [0, 0.05) is 0 Å². The molecule has 17 N–H and O–H groups in total. The van der Waals surface area contributed by atoms with E-state index in [1.165, 1.54) is 6.92 Å². The fraction of sp³-hybridized carbons (Fsp3) is 1.00. The van der Waals surface area contributed by atoms with Crippen LogP contribution in [0.15, 0.2) is 0 Å². The summed E-state index contributed by atoms with van der Waals surface area (Å²) in [5.74, 6) is 0. The summed E-state index contributed by atoms with van der Waals surface area (Å²) in [6.07, 6.45) is -42.7. The Labute approximate surface area is 323 Å². The van der Waals surface area contributed by atoms with Crippen molar-refractivity contribution in [2.45, 2.75) is 154 Å². The fourth-order valence-corrected chi connectivity index (χ4v) is 6.31. The van der Waals surface area contributed by atoms with Crippen LogP contribution in [0.1, 0.15) is 6.92 Å². The summed E-state index contributed by atoms with van der Waals surface area (Å²) in [7, 11) is 0. The van der Waals surface area contributed by atoms with Gasteiger partial charge < -0.3 is 129 Å². The maximum absolute atomic E-state index is 11.3. The van der Waals surface area contributed by atoms with Crippen LogP contribution < -0.4 is 0 Å². The molecule has 0 radical (unpaired) electrons. The molecule has 0 saturated carbocycles. The molecule has 336 valence electrons. The summed E-state index contributed by atoms with van der Waals surface area (Å²) in [6, 6.07) is 0. The van der Waals surface area contributed by atoms with E-state index < -0.39 is 187 Å². The fourth-order valence-electron chi connectivity index (χ4n) is 6.31. The molecule has 4 saturated heterocycles. The Balaban J connectivity index is 1.50. The van der Waals surface area contributed by atoms with Crippen LogP contribution in [0.5, 0.6) is 0 Å². The summed E-state index contributed by atoms with van der Waals surface area (Å²) in [5.41, 5.74) is 0. The van der Waals surface area contributed by atoms with Crippen molar-refractivity contribution in [3.05, 3.63) is 0 Å². The van der Waals surface area contributed by atoms with Gasteiger partial charge in [-0.1, -0.05) is 0 Å². The van der Waals surface area contributed by atoms with E-state index in [1.807, 2.05) is 0 Å². The van der Waals surface area contributed by atoms with Crippen LogP contribution in [0.2, 0.25) is 0 Å². The van der Waals surface area contributed by atoms with Gasteiger partial charge >= 0.3 is 0 Å². The van der Waals surface area contributed by atoms with Crippen molar-refractivity contribution in [3.8, 4) is 0 Å². The highest BCUT2D eigenvalue weighted by atomic mass is 16.8. The van der Waals surface area contributed by atoms with Gasteiger partial charge in [0.05, 0.1) is 45.7 Å². The first-order chi connectivity index (χ1) is 26.9. The third kappa shape index (κ3) is 11.5. The topological polar surface area (TPSA) is 427 Å². The average Bonchev–Trinajstić information content (AvgIpc) is 3.19. The lowest BCUT2D eigenvalue weighted by Gasteiger charge is -2.46. The lowest BCUT2D eigenvalue weighted by Crippen LogP contribution is -2.65. The monoisotopic (exact) mass is 844 g/mol. The van der Waals surface area contributed by atoms with Gasteiger partial charge in [-0.25, -0.2) is 0 Å². The molecule has 0 amide bonds. The zero-order chi connectivity index (χ0) is 42.5. The Bertz CT molecular complexity index is 1170. The highest BCUT2D eigenvalue weighted by Crippen LogP contribution is 2.31. The molecular weight excluding hydrogens is 788 g/mol. The van der Waals surface area contributed by atoms with Gasteiger partial charge in [0.25, 0.3) is 0 Å². The second-order valence-electron chi connectivity index (χ2n) is 14.1. The molecule has 0 aliphatic carbocycles. The maximum atomic E-state index is 11.3. The predicted molar refractivity (Wildman–Crippen MR) is 173 cm³/mol. The Morgan fingerprint density at radius 2 is 1.00 bits per heavy atom. The first-order valence-electron chi connectivity index (χ1n) is 18.0. The molecule has 4 rings (SSSR count). The van der Waals surface area contributed by atoms with Crippen molar-refractivity contribution in [3.63, 3.8) is 0 Å². The molecule has 22 unspecified atom stereocenters. The van der Waals surface area contributed by atoms with Crippen molar-refractivity contribution < 1.29 is 129 Å². The Hall–Kier alpha value is -1.04. The summed E-state index contributed by atoms with van der Waals surface area (Å²) in [6.45, 7) is -3.68. The Kier molecular flexibility index (Phi) is 18.5. The van der Waals surface area contributed by atoms with E-state index in [4.69, 9.17) is 42.6 Å². The number of aliphatic hydroxyl groups excluding tert-OH is 17. The van der Waals surface area contributed by atoms with Crippen LogP contribution in [0.4, 0.5) is 0 Å². The largest absolute Gasteiger partial charge is 0.394 e. The molecule has 4 heterocycles. The Morgan fingerprint density at radius 1 is 0.509 bits per heavy atom. The summed E-state index contributed by atoms with van der Waals surface area (Å²) in [5, 5.41) is 174. The molecule has 26 heteroatoms. The van der Waals surface area contributed by atoms with Crippen molar-refractivity contribution in [2.24, 2.45) is 0 Å². The van der Waals surface area contributed by atoms with Gasteiger partial charge in [0.1, 0.15) is 110 Å². The zero-order valence-corrected chi connectivity index (χ0v) is 30.4. The number of hydrogen-bond donors (Lipinski definition) is 17. The van der Waals surface area contributed by atoms with Crippen LogP contribution in [0, 0.1) is 0 Å². The lowest BCUT2D eigenvalue weighted by atomic mass is 9.96. The number of hydrogen-bond acceptors (Lipinski definition) is 26. The summed E-state index contributed by atoms with van der Waals surface area (Å²) < 4.78 is 49.3.